The van der Waals surface area contributed by atoms with Crippen LogP contribution < -0.4 is 10.6 Å². The third kappa shape index (κ3) is 6.18. The lowest BCUT2D eigenvalue weighted by molar-refractivity contribution is -0.119. The quantitative estimate of drug-likeness (QED) is 0.551. The van der Waals surface area contributed by atoms with Gasteiger partial charge in [0.2, 0.25) is 11.8 Å². The fourth-order valence-electron chi connectivity index (χ4n) is 2.60. The number of thioether (sulfide) groups is 1. The number of hydrogen-bond donors (Lipinski definition) is 2. The van der Waals surface area contributed by atoms with Crippen LogP contribution in [-0.2, 0) is 16.1 Å². The molecular formula is C19H22N6O3S. The molecule has 152 valence electrons. The van der Waals surface area contributed by atoms with Crippen molar-refractivity contribution in [3.8, 4) is 0 Å². The van der Waals surface area contributed by atoms with Gasteiger partial charge in [-0.05, 0) is 19.4 Å². The highest BCUT2D eigenvalue weighted by Gasteiger charge is 2.19. The Labute approximate surface area is 172 Å². The van der Waals surface area contributed by atoms with Gasteiger partial charge in [0.1, 0.15) is 18.4 Å². The lowest BCUT2D eigenvalue weighted by atomic mass is 10.1. The second-order valence-corrected chi connectivity index (χ2v) is 7.74. The molecule has 2 unspecified atom stereocenters. The molecule has 0 aliphatic carbocycles. The van der Waals surface area contributed by atoms with Crippen molar-refractivity contribution in [1.82, 2.24) is 25.2 Å². The van der Waals surface area contributed by atoms with Crippen molar-refractivity contribution >= 4 is 29.4 Å². The predicted octanol–water partition coefficient (Wildman–Crippen LogP) is 2.19. The minimum atomic E-state index is -0.428. The number of carbonyl (C=O) groups excluding carboxylic acids is 2. The van der Waals surface area contributed by atoms with Crippen molar-refractivity contribution in [2.45, 2.75) is 31.7 Å². The first-order chi connectivity index (χ1) is 14.0. The third-order valence-electron chi connectivity index (χ3n) is 4.09. The highest BCUT2D eigenvalue weighted by atomic mass is 32.2. The van der Waals surface area contributed by atoms with Crippen molar-refractivity contribution in [1.29, 1.82) is 0 Å². The topological polar surface area (TPSA) is 115 Å². The number of aryl methyl sites for hydroxylation is 1. The molecule has 0 bridgehead atoms. The maximum absolute atomic E-state index is 12.5. The maximum atomic E-state index is 12.5. The van der Waals surface area contributed by atoms with E-state index >= 15 is 0 Å². The summed E-state index contributed by atoms with van der Waals surface area (Å²) in [5.41, 5.74) is 0.966. The van der Waals surface area contributed by atoms with Gasteiger partial charge >= 0.3 is 0 Å². The van der Waals surface area contributed by atoms with Crippen molar-refractivity contribution in [2.75, 3.05) is 11.1 Å². The maximum Gasteiger partial charge on any atom is 0.238 e. The van der Waals surface area contributed by atoms with Gasteiger partial charge in [-0.25, -0.2) is 4.98 Å². The predicted molar refractivity (Wildman–Crippen MR) is 109 cm³/mol. The number of benzene rings is 1. The summed E-state index contributed by atoms with van der Waals surface area (Å²) in [6.45, 7) is 3.94. The molecular weight excluding hydrogens is 392 g/mol. The third-order valence-corrected chi connectivity index (χ3v) is 5.23. The molecule has 10 heteroatoms. The monoisotopic (exact) mass is 414 g/mol. The van der Waals surface area contributed by atoms with E-state index in [4.69, 9.17) is 4.52 Å². The van der Waals surface area contributed by atoms with Crippen LogP contribution in [0.5, 0.6) is 0 Å². The molecule has 0 radical (unpaired) electrons. The van der Waals surface area contributed by atoms with Gasteiger partial charge in [-0.3, -0.25) is 14.3 Å². The number of anilines is 1. The Bertz CT molecular complexity index is 929. The normalized spacial score (nSPS) is 12.9. The summed E-state index contributed by atoms with van der Waals surface area (Å²) in [5, 5.41) is 13.1. The zero-order valence-corrected chi connectivity index (χ0v) is 16.9. The van der Waals surface area contributed by atoms with Crippen LogP contribution in [0.15, 0.2) is 53.6 Å². The first-order valence-corrected chi connectivity index (χ1v) is 10.1. The molecule has 0 fully saturated rings. The molecule has 0 aliphatic rings. The minimum absolute atomic E-state index is 0.146. The molecule has 2 N–H and O–H groups in total. The standard InChI is InChI=1S/C19H22N6O3S/c1-13-8-17(24-28-13)23-19(27)14(2)29-10-18(26)22-16(9-25-12-20-11-21-25)15-6-4-3-5-7-15/h3-8,11-12,14,16H,9-10H2,1-2H3,(H,22,26)(H,23,24,27). The van der Waals surface area contributed by atoms with E-state index in [-0.39, 0.29) is 23.6 Å². The Morgan fingerprint density at radius 1 is 1.28 bits per heavy atom. The van der Waals surface area contributed by atoms with Gasteiger partial charge in [0.25, 0.3) is 0 Å². The molecule has 2 amide bonds. The van der Waals surface area contributed by atoms with E-state index in [1.807, 2.05) is 30.3 Å². The van der Waals surface area contributed by atoms with Crippen LogP contribution in [-0.4, -0.2) is 42.7 Å². The summed E-state index contributed by atoms with van der Waals surface area (Å²) in [7, 11) is 0. The molecule has 2 atom stereocenters. The van der Waals surface area contributed by atoms with Gasteiger partial charge < -0.3 is 15.2 Å². The summed E-state index contributed by atoms with van der Waals surface area (Å²) >= 11 is 1.25. The molecule has 3 aromatic rings. The first-order valence-electron chi connectivity index (χ1n) is 9.04. The van der Waals surface area contributed by atoms with E-state index in [0.717, 1.165) is 5.56 Å². The molecule has 29 heavy (non-hydrogen) atoms. The lowest BCUT2D eigenvalue weighted by Crippen LogP contribution is -2.34. The van der Waals surface area contributed by atoms with Crippen molar-refractivity contribution < 1.29 is 14.1 Å². The Morgan fingerprint density at radius 3 is 2.72 bits per heavy atom. The van der Waals surface area contributed by atoms with Gasteiger partial charge in [0.15, 0.2) is 5.82 Å². The van der Waals surface area contributed by atoms with Gasteiger partial charge in [-0.1, -0.05) is 35.5 Å². The minimum Gasteiger partial charge on any atom is -0.360 e. The van der Waals surface area contributed by atoms with Crippen LogP contribution in [0.4, 0.5) is 5.82 Å². The molecule has 2 aromatic heterocycles. The van der Waals surface area contributed by atoms with Crippen LogP contribution in [0.3, 0.4) is 0 Å². The molecule has 0 saturated carbocycles. The Hall–Kier alpha value is -3.14. The second kappa shape index (κ2) is 9.87. The van der Waals surface area contributed by atoms with Crippen LogP contribution >= 0.6 is 11.8 Å². The molecule has 9 nitrogen and oxygen atoms in total. The molecule has 0 spiro atoms. The summed E-state index contributed by atoms with van der Waals surface area (Å²) in [4.78, 5) is 28.7. The summed E-state index contributed by atoms with van der Waals surface area (Å²) < 4.78 is 6.59. The molecule has 0 saturated heterocycles. The number of aromatic nitrogens is 4. The van der Waals surface area contributed by atoms with Crippen LogP contribution in [0, 0.1) is 6.92 Å². The SMILES string of the molecule is Cc1cc(NC(=O)C(C)SCC(=O)NC(Cn2cncn2)c2ccccc2)no1. The Balaban J connectivity index is 1.53. The zero-order valence-electron chi connectivity index (χ0n) is 16.1. The molecule has 1 aromatic carbocycles. The number of carbonyl (C=O) groups is 2. The number of rotatable bonds is 9. The van der Waals surface area contributed by atoms with E-state index in [1.165, 1.54) is 18.1 Å². The first kappa shape index (κ1) is 20.6. The fraction of sp³-hybridized carbons (Fsp3) is 0.316. The number of hydrogen-bond acceptors (Lipinski definition) is 7. The van der Waals surface area contributed by atoms with E-state index in [1.54, 1.807) is 30.9 Å². The van der Waals surface area contributed by atoms with Crippen LogP contribution in [0.2, 0.25) is 0 Å². The van der Waals surface area contributed by atoms with E-state index in [2.05, 4.69) is 25.9 Å². The van der Waals surface area contributed by atoms with Gasteiger partial charge in [-0.2, -0.15) is 5.10 Å². The van der Waals surface area contributed by atoms with Crippen molar-refractivity contribution in [3.05, 3.63) is 60.4 Å². The summed E-state index contributed by atoms with van der Waals surface area (Å²) in [6.07, 6.45) is 3.06. The fourth-order valence-corrected chi connectivity index (χ4v) is 3.29. The van der Waals surface area contributed by atoms with E-state index in [9.17, 15) is 9.59 Å². The molecule has 3 rings (SSSR count). The van der Waals surface area contributed by atoms with Gasteiger partial charge in [0, 0.05) is 6.07 Å². The summed E-state index contributed by atoms with van der Waals surface area (Å²) in [5.74, 6) is 0.715. The Kier molecular flexibility index (Phi) is 7.01. The highest BCUT2D eigenvalue weighted by molar-refractivity contribution is 8.01. The number of amides is 2. The molecule has 0 aliphatic heterocycles. The zero-order chi connectivity index (χ0) is 20.6. The second-order valence-electron chi connectivity index (χ2n) is 6.41. The van der Waals surface area contributed by atoms with Gasteiger partial charge in [-0.15, -0.1) is 11.8 Å². The Morgan fingerprint density at radius 2 is 2.07 bits per heavy atom. The average molecular weight is 414 g/mol. The average Bonchev–Trinajstić information content (AvgIpc) is 3.38. The smallest absolute Gasteiger partial charge is 0.238 e. The van der Waals surface area contributed by atoms with Gasteiger partial charge in [0.05, 0.1) is 23.6 Å². The molecule has 2 heterocycles. The number of nitrogens with zero attached hydrogens (tertiary/aromatic N) is 4. The van der Waals surface area contributed by atoms with E-state index < -0.39 is 5.25 Å². The summed E-state index contributed by atoms with van der Waals surface area (Å²) in [6, 6.07) is 11.0. The lowest BCUT2D eigenvalue weighted by Gasteiger charge is -2.19. The van der Waals surface area contributed by atoms with E-state index in [0.29, 0.717) is 18.1 Å². The highest BCUT2D eigenvalue weighted by Crippen LogP contribution is 2.17. The van der Waals surface area contributed by atoms with Crippen LogP contribution in [0.1, 0.15) is 24.3 Å². The van der Waals surface area contributed by atoms with Crippen molar-refractivity contribution in [3.63, 3.8) is 0 Å². The van der Waals surface area contributed by atoms with Crippen LogP contribution in [0.25, 0.3) is 0 Å². The number of nitrogens with one attached hydrogen (secondary N) is 2. The van der Waals surface area contributed by atoms with Crippen molar-refractivity contribution in [2.24, 2.45) is 0 Å². The largest absolute Gasteiger partial charge is 0.360 e.